The van der Waals surface area contributed by atoms with E-state index in [2.05, 4.69) is 10.5 Å². The molecule has 2 aromatic heterocycles. The van der Waals surface area contributed by atoms with Crippen LogP contribution in [0.3, 0.4) is 0 Å². The number of thiophene rings is 1. The molecule has 0 aliphatic carbocycles. The van der Waals surface area contributed by atoms with Gasteiger partial charge < -0.3 is 19.3 Å². The van der Waals surface area contributed by atoms with Crippen molar-refractivity contribution in [3.63, 3.8) is 0 Å². The molecule has 7 heteroatoms. The van der Waals surface area contributed by atoms with Crippen LogP contribution in [-0.4, -0.2) is 25.3 Å². The molecule has 0 bridgehead atoms. The number of hydrogen-bond acceptors (Lipinski definition) is 6. The molecule has 0 aliphatic heterocycles. The Labute approximate surface area is 143 Å². The summed E-state index contributed by atoms with van der Waals surface area (Å²) in [6, 6.07) is 10.8. The van der Waals surface area contributed by atoms with Crippen LogP contribution in [0.25, 0.3) is 10.6 Å². The molecular formula is C17H16N2O4S. The van der Waals surface area contributed by atoms with Crippen molar-refractivity contribution in [2.75, 3.05) is 19.5 Å². The molecule has 1 amide bonds. The summed E-state index contributed by atoms with van der Waals surface area (Å²) in [6.07, 6.45) is 0.115. The Kier molecular flexibility index (Phi) is 4.81. The molecule has 1 aromatic carbocycles. The highest BCUT2D eigenvalue weighted by atomic mass is 32.1. The van der Waals surface area contributed by atoms with E-state index in [-0.39, 0.29) is 12.3 Å². The number of anilines is 1. The van der Waals surface area contributed by atoms with Crippen LogP contribution in [0.4, 0.5) is 5.69 Å². The molecule has 0 atom stereocenters. The molecular weight excluding hydrogens is 328 g/mol. The zero-order valence-electron chi connectivity index (χ0n) is 13.2. The third-order valence-corrected chi connectivity index (χ3v) is 4.23. The van der Waals surface area contributed by atoms with E-state index in [1.165, 1.54) is 7.11 Å². The largest absolute Gasteiger partial charge is 0.497 e. The van der Waals surface area contributed by atoms with Crippen LogP contribution in [-0.2, 0) is 11.2 Å². The van der Waals surface area contributed by atoms with E-state index < -0.39 is 0 Å². The number of carbonyl (C=O) groups excluding carboxylic acids is 1. The van der Waals surface area contributed by atoms with Crippen molar-refractivity contribution >= 4 is 22.9 Å². The van der Waals surface area contributed by atoms with Crippen molar-refractivity contribution in [1.29, 1.82) is 0 Å². The minimum absolute atomic E-state index is 0.115. The van der Waals surface area contributed by atoms with Crippen molar-refractivity contribution in [1.82, 2.24) is 5.16 Å². The van der Waals surface area contributed by atoms with Gasteiger partial charge in [-0.1, -0.05) is 11.2 Å². The zero-order valence-corrected chi connectivity index (χ0v) is 14.1. The molecule has 6 nitrogen and oxygen atoms in total. The summed E-state index contributed by atoms with van der Waals surface area (Å²) >= 11 is 1.56. The van der Waals surface area contributed by atoms with E-state index in [9.17, 15) is 4.79 Å². The molecule has 3 aromatic rings. The van der Waals surface area contributed by atoms with E-state index >= 15 is 0 Å². The van der Waals surface area contributed by atoms with Crippen LogP contribution >= 0.6 is 11.3 Å². The van der Waals surface area contributed by atoms with E-state index in [1.54, 1.807) is 42.7 Å². The minimum Gasteiger partial charge on any atom is -0.497 e. The van der Waals surface area contributed by atoms with Gasteiger partial charge in [0, 0.05) is 12.1 Å². The average molecular weight is 344 g/mol. The van der Waals surface area contributed by atoms with Crippen molar-refractivity contribution in [2.24, 2.45) is 0 Å². The SMILES string of the molecule is COc1ccc(NC(=O)Cc2cc(-c3cccs3)on2)c(OC)c1. The summed E-state index contributed by atoms with van der Waals surface area (Å²) in [5, 5.41) is 8.71. The summed E-state index contributed by atoms with van der Waals surface area (Å²) in [4.78, 5) is 13.2. The second-order valence-corrected chi connectivity index (χ2v) is 5.90. The monoisotopic (exact) mass is 344 g/mol. The third kappa shape index (κ3) is 3.57. The molecule has 3 rings (SSSR count). The van der Waals surface area contributed by atoms with Gasteiger partial charge in [0.05, 0.1) is 36.9 Å². The number of nitrogens with zero attached hydrogens (tertiary/aromatic N) is 1. The van der Waals surface area contributed by atoms with Crippen molar-refractivity contribution < 1.29 is 18.8 Å². The number of carbonyl (C=O) groups is 1. The molecule has 0 fully saturated rings. The highest BCUT2D eigenvalue weighted by Crippen LogP contribution is 2.29. The average Bonchev–Trinajstić information content (AvgIpc) is 3.26. The molecule has 0 unspecified atom stereocenters. The highest BCUT2D eigenvalue weighted by molar-refractivity contribution is 7.13. The molecule has 0 radical (unpaired) electrons. The fourth-order valence-corrected chi connectivity index (χ4v) is 2.86. The second-order valence-electron chi connectivity index (χ2n) is 4.95. The molecule has 0 spiro atoms. The molecule has 0 aliphatic rings. The van der Waals surface area contributed by atoms with Gasteiger partial charge in [-0.05, 0) is 23.6 Å². The standard InChI is InChI=1S/C17H16N2O4S/c1-21-12-5-6-13(14(10-12)22-2)18-17(20)9-11-8-15(23-19-11)16-4-3-7-24-16/h3-8,10H,9H2,1-2H3,(H,18,20). The van der Waals surface area contributed by atoms with Gasteiger partial charge in [-0.2, -0.15) is 0 Å². The number of rotatable bonds is 6. The summed E-state index contributed by atoms with van der Waals surface area (Å²) in [6.45, 7) is 0. The van der Waals surface area contributed by atoms with Crippen LogP contribution < -0.4 is 14.8 Å². The van der Waals surface area contributed by atoms with Crippen molar-refractivity contribution in [2.45, 2.75) is 6.42 Å². The number of amides is 1. The van der Waals surface area contributed by atoms with Gasteiger partial charge in [-0.25, -0.2) is 0 Å². The first-order valence-corrected chi connectivity index (χ1v) is 8.09. The van der Waals surface area contributed by atoms with E-state index in [0.29, 0.717) is 28.6 Å². The first kappa shape index (κ1) is 16.1. The highest BCUT2D eigenvalue weighted by Gasteiger charge is 2.13. The Hall–Kier alpha value is -2.80. The van der Waals surface area contributed by atoms with Crippen LogP contribution in [0.2, 0.25) is 0 Å². The number of benzene rings is 1. The smallest absolute Gasteiger partial charge is 0.230 e. The first-order valence-electron chi connectivity index (χ1n) is 7.21. The maximum absolute atomic E-state index is 12.2. The maximum atomic E-state index is 12.2. The number of methoxy groups -OCH3 is 2. The predicted molar refractivity (Wildman–Crippen MR) is 91.7 cm³/mol. The Morgan fingerprint density at radius 1 is 1.25 bits per heavy atom. The quantitative estimate of drug-likeness (QED) is 0.739. The van der Waals surface area contributed by atoms with E-state index in [4.69, 9.17) is 14.0 Å². The minimum atomic E-state index is -0.204. The Bertz CT molecular complexity index is 827. The lowest BCUT2D eigenvalue weighted by atomic mass is 10.2. The number of aromatic nitrogens is 1. The molecule has 0 saturated heterocycles. The van der Waals surface area contributed by atoms with E-state index in [0.717, 1.165) is 4.88 Å². The second kappa shape index (κ2) is 7.18. The Balaban J connectivity index is 1.68. The van der Waals surface area contributed by atoms with E-state index in [1.807, 2.05) is 17.5 Å². The number of ether oxygens (including phenoxy) is 2. The van der Waals surface area contributed by atoms with Gasteiger partial charge in [-0.15, -0.1) is 11.3 Å². The Morgan fingerprint density at radius 2 is 2.12 bits per heavy atom. The zero-order chi connectivity index (χ0) is 16.9. The van der Waals surface area contributed by atoms with Crippen molar-refractivity contribution in [3.8, 4) is 22.1 Å². The summed E-state index contributed by atoms with van der Waals surface area (Å²) in [5.74, 6) is 1.64. The normalized spacial score (nSPS) is 10.4. The van der Waals surface area contributed by atoms with Crippen LogP contribution in [0.5, 0.6) is 11.5 Å². The van der Waals surface area contributed by atoms with Crippen LogP contribution in [0.15, 0.2) is 46.3 Å². The lowest BCUT2D eigenvalue weighted by Gasteiger charge is -2.11. The first-order chi connectivity index (χ1) is 11.7. The number of hydrogen-bond donors (Lipinski definition) is 1. The molecule has 1 N–H and O–H groups in total. The fourth-order valence-electron chi connectivity index (χ4n) is 2.19. The number of nitrogens with one attached hydrogen (secondary N) is 1. The lowest BCUT2D eigenvalue weighted by molar-refractivity contribution is -0.115. The van der Waals surface area contributed by atoms with Gasteiger partial charge >= 0.3 is 0 Å². The molecule has 24 heavy (non-hydrogen) atoms. The molecule has 2 heterocycles. The van der Waals surface area contributed by atoms with Gasteiger partial charge in [0.25, 0.3) is 0 Å². The van der Waals surface area contributed by atoms with Crippen LogP contribution in [0.1, 0.15) is 5.69 Å². The van der Waals surface area contributed by atoms with Gasteiger partial charge in [-0.3, -0.25) is 4.79 Å². The summed E-state index contributed by atoms with van der Waals surface area (Å²) < 4.78 is 15.7. The summed E-state index contributed by atoms with van der Waals surface area (Å²) in [5.41, 5.74) is 1.15. The molecule has 124 valence electrons. The predicted octanol–water partition coefficient (Wildman–Crippen LogP) is 3.60. The topological polar surface area (TPSA) is 73.6 Å². The lowest BCUT2D eigenvalue weighted by Crippen LogP contribution is -2.15. The van der Waals surface area contributed by atoms with Gasteiger partial charge in [0.1, 0.15) is 11.5 Å². The maximum Gasteiger partial charge on any atom is 0.230 e. The van der Waals surface area contributed by atoms with Crippen LogP contribution in [0, 0.1) is 0 Å². The van der Waals surface area contributed by atoms with Crippen molar-refractivity contribution in [3.05, 3.63) is 47.5 Å². The Morgan fingerprint density at radius 3 is 2.83 bits per heavy atom. The third-order valence-electron chi connectivity index (χ3n) is 3.35. The van der Waals surface area contributed by atoms with Gasteiger partial charge in [0.15, 0.2) is 5.76 Å². The fraction of sp³-hybridized carbons (Fsp3) is 0.176. The summed E-state index contributed by atoms with van der Waals surface area (Å²) in [7, 11) is 3.11. The molecule has 0 saturated carbocycles. The van der Waals surface area contributed by atoms with Gasteiger partial charge in [0.2, 0.25) is 5.91 Å².